The van der Waals surface area contributed by atoms with Crippen molar-refractivity contribution in [2.45, 2.75) is 0 Å². The minimum absolute atomic E-state index is 0.651. The highest BCUT2D eigenvalue weighted by Gasteiger charge is 2.23. The van der Waals surface area contributed by atoms with E-state index in [1.165, 1.54) is 71.3 Å². The molecule has 0 aliphatic rings. The standard InChI is InChI=1S/C40H27N3.C34H23N3.C32H21N3/c1-5-13-28(14-6-1)32-22-24-38-35(25-32)34-23-21-33(29-15-7-2-8-16-29)26-39(34)43(38)40-41-36(30-17-9-3-10-18-30)27-37(42-40)31-19-11-4-12-20-31;1-4-12-24(13-5-1)27-20-21-33-29(22-27)28-18-10-11-19-32(28)37(33)34-35-30(25-14-6-2-7-15-25)23-31(36-34)26-16-8-3-9-17-26;1-3-11-22(12-4-1)24-19-20-30-27(21-24)25-15-8-10-18-29(25)35(30)32-33-28-17-9-7-16-26(28)31(34-32)23-13-5-2-6-14-23/h1-27H;1-23H;1-21H. The van der Waals surface area contributed by atoms with Crippen molar-refractivity contribution in [3.05, 3.63) is 431 Å². The maximum absolute atomic E-state index is 5.21. The zero-order valence-electron chi connectivity index (χ0n) is 62.5. The fourth-order valence-electron chi connectivity index (χ4n) is 15.9. The predicted octanol–water partition coefficient (Wildman–Crippen LogP) is 26.9. The van der Waals surface area contributed by atoms with Crippen molar-refractivity contribution >= 4 is 76.3 Å². The van der Waals surface area contributed by atoms with Crippen LogP contribution in [0.25, 0.3) is 195 Å². The first-order valence-electron chi connectivity index (χ1n) is 38.7. The SMILES string of the molecule is c1ccc(-c2ccc3c(c2)c2ccc(-c4ccccc4)cc2n3-c2nc(-c3ccccc3)cc(-c3ccccc3)n2)cc1.c1ccc(-c2ccc3c(c2)c2ccccc2n3-c2nc(-c3ccccc3)c3ccccc3n2)cc1.c1ccc(-c2ccc3c(c2)c2ccccc2n3-c2nc(-c3ccccc3)cc(-c3ccccc3)n2)cc1. The van der Waals surface area contributed by atoms with Crippen LogP contribution in [0.4, 0.5) is 0 Å². The molecular formula is C106H71N9. The Kier molecular flexibility index (Phi) is 18.1. The van der Waals surface area contributed by atoms with Gasteiger partial charge in [-0.15, -0.1) is 0 Å². The van der Waals surface area contributed by atoms with Gasteiger partial charge in [0.2, 0.25) is 17.8 Å². The molecule has 9 heteroatoms. The van der Waals surface area contributed by atoms with E-state index in [4.69, 9.17) is 29.9 Å². The Morgan fingerprint density at radius 2 is 0.391 bits per heavy atom. The van der Waals surface area contributed by atoms with Crippen LogP contribution in [0.2, 0.25) is 0 Å². The van der Waals surface area contributed by atoms with Crippen LogP contribution < -0.4 is 0 Å². The summed E-state index contributed by atoms with van der Waals surface area (Å²) in [6, 6.07) is 150. The Labute approximate surface area is 665 Å². The summed E-state index contributed by atoms with van der Waals surface area (Å²) in [5, 5.41) is 8.15. The molecule has 0 unspecified atom stereocenters. The van der Waals surface area contributed by atoms with Gasteiger partial charge in [-0.2, -0.15) is 0 Å². The highest BCUT2D eigenvalue weighted by Crippen LogP contribution is 2.41. The fourth-order valence-corrected chi connectivity index (χ4v) is 15.9. The zero-order valence-corrected chi connectivity index (χ0v) is 62.5. The molecule has 0 aliphatic heterocycles. The number of fused-ring (bicyclic) bond motifs is 10. The third-order valence-corrected chi connectivity index (χ3v) is 21.5. The van der Waals surface area contributed by atoms with E-state index in [0.29, 0.717) is 17.8 Å². The maximum Gasteiger partial charge on any atom is 0.235 e. The third-order valence-electron chi connectivity index (χ3n) is 21.5. The van der Waals surface area contributed by atoms with Crippen molar-refractivity contribution < 1.29 is 0 Å². The summed E-state index contributed by atoms with van der Waals surface area (Å²) < 4.78 is 6.61. The van der Waals surface area contributed by atoms with Crippen LogP contribution in [0, 0.1) is 0 Å². The Bertz CT molecular complexity index is 7170. The summed E-state index contributed by atoms with van der Waals surface area (Å²) in [7, 11) is 0. The second kappa shape index (κ2) is 30.4. The van der Waals surface area contributed by atoms with Crippen molar-refractivity contribution in [1.82, 2.24) is 43.6 Å². The lowest BCUT2D eigenvalue weighted by Gasteiger charge is -2.12. The largest absolute Gasteiger partial charge is 0.278 e. The lowest BCUT2D eigenvalue weighted by molar-refractivity contribution is 0.995. The highest BCUT2D eigenvalue weighted by atomic mass is 15.2. The number of rotatable bonds is 12. The van der Waals surface area contributed by atoms with E-state index < -0.39 is 0 Å². The van der Waals surface area contributed by atoms with Crippen molar-refractivity contribution in [1.29, 1.82) is 0 Å². The van der Waals surface area contributed by atoms with E-state index in [1.54, 1.807) is 0 Å². The van der Waals surface area contributed by atoms with Gasteiger partial charge in [-0.25, -0.2) is 29.9 Å². The summed E-state index contributed by atoms with van der Waals surface area (Å²) in [6.45, 7) is 0. The molecule has 6 aromatic heterocycles. The van der Waals surface area contributed by atoms with Crippen LogP contribution in [0.5, 0.6) is 0 Å². The van der Waals surface area contributed by atoms with Crippen LogP contribution >= 0.6 is 0 Å². The van der Waals surface area contributed by atoms with Gasteiger partial charge >= 0.3 is 0 Å². The van der Waals surface area contributed by atoms with E-state index in [1.807, 2.05) is 66.7 Å². The summed E-state index contributed by atoms with van der Waals surface area (Å²) in [4.78, 5) is 30.8. The normalized spacial score (nSPS) is 11.3. The van der Waals surface area contributed by atoms with Crippen LogP contribution in [-0.4, -0.2) is 43.6 Å². The average Bonchev–Trinajstić information content (AvgIpc) is 1.59. The molecule has 0 saturated carbocycles. The predicted molar refractivity (Wildman–Crippen MR) is 476 cm³/mol. The Morgan fingerprint density at radius 3 is 0.748 bits per heavy atom. The number of hydrogen-bond donors (Lipinski definition) is 0. The highest BCUT2D eigenvalue weighted by molar-refractivity contribution is 6.13. The van der Waals surface area contributed by atoms with Crippen molar-refractivity contribution in [3.63, 3.8) is 0 Å². The Balaban J connectivity index is 0.000000112. The van der Waals surface area contributed by atoms with Crippen LogP contribution in [0.15, 0.2) is 431 Å². The van der Waals surface area contributed by atoms with Crippen molar-refractivity contribution in [2.24, 2.45) is 0 Å². The summed E-state index contributed by atoms with van der Waals surface area (Å²) >= 11 is 0. The molecule has 9 nitrogen and oxygen atoms in total. The molecule has 0 N–H and O–H groups in total. The van der Waals surface area contributed by atoms with Gasteiger partial charge in [0.25, 0.3) is 0 Å². The molecule has 0 bridgehead atoms. The molecule has 16 aromatic carbocycles. The van der Waals surface area contributed by atoms with Gasteiger partial charge in [-0.05, 0) is 117 Å². The quantitative estimate of drug-likeness (QED) is 0.121. The first-order valence-corrected chi connectivity index (χ1v) is 38.7. The second-order valence-corrected chi connectivity index (χ2v) is 28.5. The van der Waals surface area contributed by atoms with Crippen LogP contribution in [0.3, 0.4) is 0 Å². The second-order valence-electron chi connectivity index (χ2n) is 28.5. The minimum Gasteiger partial charge on any atom is -0.278 e. The van der Waals surface area contributed by atoms with Gasteiger partial charge in [0.15, 0.2) is 0 Å². The van der Waals surface area contributed by atoms with Gasteiger partial charge in [0.05, 0.1) is 67.1 Å². The summed E-state index contributed by atoms with van der Waals surface area (Å²) in [5.41, 5.74) is 26.8. The molecule has 0 spiro atoms. The lowest BCUT2D eigenvalue weighted by atomic mass is 10.0. The molecule has 0 atom stereocenters. The van der Waals surface area contributed by atoms with Gasteiger partial charge in [0, 0.05) is 65.5 Å². The van der Waals surface area contributed by atoms with E-state index in [0.717, 1.165) is 106 Å². The first kappa shape index (κ1) is 68.7. The Hall–Kier alpha value is -15.6. The van der Waals surface area contributed by atoms with E-state index in [2.05, 4.69) is 378 Å². The van der Waals surface area contributed by atoms with Crippen molar-refractivity contribution in [3.8, 4) is 119 Å². The maximum atomic E-state index is 5.21. The van der Waals surface area contributed by atoms with E-state index >= 15 is 0 Å². The number of hydrogen-bond acceptors (Lipinski definition) is 6. The summed E-state index contributed by atoms with van der Waals surface area (Å²) in [6.07, 6.45) is 0. The Morgan fingerprint density at radius 1 is 0.139 bits per heavy atom. The molecule has 22 rings (SSSR count). The number of aromatic nitrogens is 9. The topological polar surface area (TPSA) is 92.1 Å². The van der Waals surface area contributed by atoms with Gasteiger partial charge < -0.3 is 0 Å². The molecule has 6 heterocycles. The van der Waals surface area contributed by atoms with Crippen LogP contribution in [0.1, 0.15) is 0 Å². The number of benzene rings is 16. The summed E-state index contributed by atoms with van der Waals surface area (Å²) in [5.74, 6) is 2.00. The third kappa shape index (κ3) is 13.4. The lowest BCUT2D eigenvalue weighted by Crippen LogP contribution is -2.04. The molecule has 0 saturated heterocycles. The smallest absolute Gasteiger partial charge is 0.235 e. The van der Waals surface area contributed by atoms with Gasteiger partial charge in [-0.1, -0.05) is 358 Å². The average molecular weight is 1470 g/mol. The monoisotopic (exact) mass is 1470 g/mol. The molecule has 540 valence electrons. The molecule has 115 heavy (non-hydrogen) atoms. The van der Waals surface area contributed by atoms with E-state index in [-0.39, 0.29) is 0 Å². The molecule has 0 aliphatic carbocycles. The number of nitrogens with zero attached hydrogens (tertiary/aromatic N) is 9. The van der Waals surface area contributed by atoms with E-state index in [9.17, 15) is 0 Å². The van der Waals surface area contributed by atoms with Crippen molar-refractivity contribution in [2.75, 3.05) is 0 Å². The minimum atomic E-state index is 0.651. The molecule has 0 amide bonds. The molecule has 0 fully saturated rings. The molecular weight excluding hydrogens is 1400 g/mol. The molecule has 0 radical (unpaired) electrons. The van der Waals surface area contributed by atoms with Gasteiger partial charge in [-0.3, -0.25) is 13.7 Å². The fraction of sp³-hybridized carbons (Fsp3) is 0. The zero-order chi connectivity index (χ0) is 76.4. The van der Waals surface area contributed by atoms with Crippen LogP contribution in [-0.2, 0) is 0 Å². The first-order chi connectivity index (χ1) is 57.0. The molecule has 22 aromatic rings. The van der Waals surface area contributed by atoms with Gasteiger partial charge in [0.1, 0.15) is 0 Å². The number of para-hydroxylation sites is 3.